The summed E-state index contributed by atoms with van der Waals surface area (Å²) in [4.78, 5) is 0. The van der Waals surface area contributed by atoms with Crippen molar-refractivity contribution in [3.05, 3.63) is 0 Å². The molecule has 0 radical (unpaired) electrons. The largest absolute Gasteiger partial charge is 0.394 e. The zero-order valence-electron chi connectivity index (χ0n) is 7.14. The first kappa shape index (κ1) is 11.8. The minimum Gasteiger partial charge on any atom is -0.394 e. The molecule has 0 aliphatic rings. The van der Waals surface area contributed by atoms with Crippen molar-refractivity contribution >= 4 is 0 Å². The normalized spacial score (nSPS) is 16.0. The molecule has 0 amide bonds. The van der Waals surface area contributed by atoms with Gasteiger partial charge in [-0.15, -0.1) is 0 Å². The molecule has 0 spiro atoms. The highest BCUT2D eigenvalue weighted by Gasteiger charge is 2.18. The van der Waals surface area contributed by atoms with Gasteiger partial charge in [0.15, 0.2) is 6.29 Å². The molecule has 0 aromatic carbocycles. The zero-order valence-corrected chi connectivity index (χ0v) is 7.14. The van der Waals surface area contributed by atoms with Gasteiger partial charge in [-0.05, 0) is 6.92 Å². The van der Waals surface area contributed by atoms with Gasteiger partial charge in [-0.2, -0.15) is 0 Å². The number of aliphatic hydroxyl groups is 3. The van der Waals surface area contributed by atoms with E-state index >= 15 is 0 Å². The average Bonchev–Trinajstić information content (AvgIpc) is 2.11. The van der Waals surface area contributed by atoms with Gasteiger partial charge in [0, 0.05) is 6.61 Å². The first-order valence-corrected chi connectivity index (χ1v) is 3.89. The fourth-order valence-corrected chi connectivity index (χ4v) is 0.689. The molecule has 0 rings (SSSR count). The third-order valence-corrected chi connectivity index (χ3v) is 1.21. The Morgan fingerprint density at radius 2 is 1.92 bits per heavy atom. The van der Waals surface area contributed by atoms with E-state index < -0.39 is 19.0 Å². The van der Waals surface area contributed by atoms with Gasteiger partial charge in [-0.25, -0.2) is 0 Å². The Labute approximate surface area is 71.5 Å². The monoisotopic (exact) mass is 180 g/mol. The van der Waals surface area contributed by atoms with Crippen LogP contribution in [0.1, 0.15) is 6.92 Å². The van der Waals surface area contributed by atoms with Gasteiger partial charge in [0.2, 0.25) is 0 Å². The van der Waals surface area contributed by atoms with Crippen LogP contribution >= 0.6 is 0 Å². The van der Waals surface area contributed by atoms with Crippen LogP contribution in [0.15, 0.2) is 0 Å². The predicted octanol–water partition coefficient (Wildman–Crippen LogP) is -1.29. The van der Waals surface area contributed by atoms with E-state index in [0.29, 0.717) is 6.61 Å². The highest BCUT2D eigenvalue weighted by Crippen LogP contribution is 2.00. The lowest BCUT2D eigenvalue weighted by atomic mass is 10.4. The van der Waals surface area contributed by atoms with Crippen LogP contribution in [0.5, 0.6) is 0 Å². The van der Waals surface area contributed by atoms with Crippen molar-refractivity contribution in [2.45, 2.75) is 19.3 Å². The van der Waals surface area contributed by atoms with Crippen molar-refractivity contribution in [2.24, 2.45) is 0 Å². The van der Waals surface area contributed by atoms with E-state index in [1.54, 1.807) is 6.92 Å². The first-order chi connectivity index (χ1) is 5.76. The summed E-state index contributed by atoms with van der Waals surface area (Å²) >= 11 is 0. The van der Waals surface area contributed by atoms with Crippen LogP contribution < -0.4 is 0 Å². The van der Waals surface area contributed by atoms with Gasteiger partial charge >= 0.3 is 0 Å². The highest BCUT2D eigenvalue weighted by molar-refractivity contribution is 4.57. The Bertz CT molecular complexity index is 97.8. The summed E-state index contributed by atoms with van der Waals surface area (Å²) in [5.41, 5.74) is 0. The van der Waals surface area contributed by atoms with Crippen LogP contribution in [-0.2, 0) is 9.47 Å². The standard InChI is InChI=1S/C7H16O5/c1-2-11-7(6(10)5-9)12-4-3-8/h6-10H,2-5H2,1H3/t6-,7?/m0/s1. The minimum absolute atomic E-state index is 0.0850. The number of hydrogen-bond donors (Lipinski definition) is 3. The molecule has 0 aromatic rings. The van der Waals surface area contributed by atoms with Crippen molar-refractivity contribution in [3.8, 4) is 0 Å². The third-order valence-electron chi connectivity index (χ3n) is 1.21. The molecule has 1 unspecified atom stereocenters. The lowest BCUT2D eigenvalue weighted by molar-refractivity contribution is -0.202. The van der Waals surface area contributed by atoms with Gasteiger partial charge in [0.1, 0.15) is 6.10 Å². The molecular weight excluding hydrogens is 164 g/mol. The number of rotatable bonds is 7. The van der Waals surface area contributed by atoms with Crippen molar-refractivity contribution < 1.29 is 24.8 Å². The summed E-state index contributed by atoms with van der Waals surface area (Å²) < 4.78 is 9.86. The van der Waals surface area contributed by atoms with E-state index in [0.717, 1.165) is 0 Å². The molecule has 0 bridgehead atoms. The molecule has 0 fully saturated rings. The second-order valence-electron chi connectivity index (χ2n) is 2.17. The van der Waals surface area contributed by atoms with Gasteiger partial charge in [0.25, 0.3) is 0 Å². The number of aliphatic hydroxyl groups excluding tert-OH is 3. The van der Waals surface area contributed by atoms with E-state index in [2.05, 4.69) is 0 Å². The lowest BCUT2D eigenvalue weighted by Crippen LogP contribution is -2.35. The molecule has 0 saturated heterocycles. The molecule has 5 nitrogen and oxygen atoms in total. The smallest absolute Gasteiger partial charge is 0.185 e. The summed E-state index contributed by atoms with van der Waals surface area (Å²) in [6, 6.07) is 0. The number of ether oxygens (including phenoxy) is 2. The van der Waals surface area contributed by atoms with Crippen molar-refractivity contribution in [2.75, 3.05) is 26.4 Å². The molecule has 0 aliphatic carbocycles. The topological polar surface area (TPSA) is 79.2 Å². The molecule has 0 aromatic heterocycles. The maximum atomic E-state index is 9.09. The fraction of sp³-hybridized carbons (Fsp3) is 1.00. The van der Waals surface area contributed by atoms with Gasteiger partial charge < -0.3 is 24.8 Å². The van der Waals surface area contributed by atoms with Crippen LogP contribution in [0.4, 0.5) is 0 Å². The van der Waals surface area contributed by atoms with Crippen LogP contribution in [0.2, 0.25) is 0 Å². The summed E-state index contributed by atoms with van der Waals surface area (Å²) in [7, 11) is 0. The fourth-order valence-electron chi connectivity index (χ4n) is 0.689. The van der Waals surface area contributed by atoms with Gasteiger partial charge in [0.05, 0.1) is 19.8 Å². The van der Waals surface area contributed by atoms with E-state index in [1.165, 1.54) is 0 Å². The Kier molecular flexibility index (Phi) is 7.33. The van der Waals surface area contributed by atoms with Crippen LogP contribution in [0.25, 0.3) is 0 Å². The maximum Gasteiger partial charge on any atom is 0.185 e. The summed E-state index contributed by atoms with van der Waals surface area (Å²) in [5, 5.41) is 26.1. The van der Waals surface area contributed by atoms with Gasteiger partial charge in [-0.3, -0.25) is 0 Å². The van der Waals surface area contributed by atoms with Gasteiger partial charge in [-0.1, -0.05) is 0 Å². The first-order valence-electron chi connectivity index (χ1n) is 3.89. The highest BCUT2D eigenvalue weighted by atomic mass is 16.7. The molecule has 12 heavy (non-hydrogen) atoms. The molecule has 0 aliphatic heterocycles. The zero-order chi connectivity index (χ0) is 9.40. The molecule has 2 atom stereocenters. The maximum absolute atomic E-state index is 9.09. The summed E-state index contributed by atoms with van der Waals surface area (Å²) in [6.07, 6.45) is -1.91. The molecule has 5 heteroatoms. The van der Waals surface area contributed by atoms with Crippen LogP contribution in [-0.4, -0.2) is 54.1 Å². The van der Waals surface area contributed by atoms with E-state index in [1.807, 2.05) is 0 Å². The van der Waals surface area contributed by atoms with E-state index in [4.69, 9.17) is 24.8 Å². The third kappa shape index (κ3) is 4.63. The molecular formula is C7H16O5. The lowest BCUT2D eigenvalue weighted by Gasteiger charge is -2.20. The molecule has 3 N–H and O–H groups in total. The number of hydrogen-bond acceptors (Lipinski definition) is 5. The Morgan fingerprint density at radius 3 is 2.33 bits per heavy atom. The average molecular weight is 180 g/mol. The Morgan fingerprint density at radius 1 is 1.25 bits per heavy atom. The van der Waals surface area contributed by atoms with E-state index in [9.17, 15) is 0 Å². The van der Waals surface area contributed by atoms with Crippen LogP contribution in [0, 0.1) is 0 Å². The second-order valence-corrected chi connectivity index (χ2v) is 2.17. The van der Waals surface area contributed by atoms with Crippen molar-refractivity contribution in [3.63, 3.8) is 0 Å². The summed E-state index contributed by atoms with van der Waals surface area (Å²) in [5.74, 6) is 0. The quantitative estimate of drug-likeness (QED) is 0.425. The SMILES string of the molecule is CCOC(OCCO)[C@@H](O)CO. The summed E-state index contributed by atoms with van der Waals surface area (Å²) in [6.45, 7) is 1.66. The molecule has 0 heterocycles. The Balaban J connectivity index is 3.68. The van der Waals surface area contributed by atoms with E-state index in [-0.39, 0.29) is 13.2 Å². The predicted molar refractivity (Wildman–Crippen MR) is 41.5 cm³/mol. The van der Waals surface area contributed by atoms with Crippen molar-refractivity contribution in [1.29, 1.82) is 0 Å². The molecule has 0 saturated carbocycles. The van der Waals surface area contributed by atoms with Crippen LogP contribution in [0.3, 0.4) is 0 Å². The Hall–Kier alpha value is -0.200. The second kappa shape index (κ2) is 7.45. The minimum atomic E-state index is -1.06. The molecule has 74 valence electrons. The van der Waals surface area contributed by atoms with Crippen molar-refractivity contribution in [1.82, 2.24) is 0 Å².